The molecule has 3 rings (SSSR count). The van der Waals surface area contributed by atoms with Gasteiger partial charge in [-0.05, 0) is 25.3 Å². The lowest BCUT2D eigenvalue weighted by molar-refractivity contribution is -0.139. The van der Waals surface area contributed by atoms with Gasteiger partial charge in [0.05, 0.1) is 12.1 Å². The highest BCUT2D eigenvalue weighted by Crippen LogP contribution is 2.33. The molecule has 0 bridgehead atoms. The highest BCUT2D eigenvalue weighted by atomic mass is 19.1. The van der Waals surface area contributed by atoms with Gasteiger partial charge in [-0.15, -0.1) is 0 Å². The summed E-state index contributed by atoms with van der Waals surface area (Å²) in [5, 5.41) is 0. The Balaban J connectivity index is 1.88. The van der Waals surface area contributed by atoms with Gasteiger partial charge in [0.25, 0.3) is 0 Å². The topological polar surface area (TPSA) is 55.6 Å². The minimum atomic E-state index is -0.392. The van der Waals surface area contributed by atoms with E-state index in [1.54, 1.807) is 23.1 Å². The van der Waals surface area contributed by atoms with Crippen molar-refractivity contribution in [1.29, 1.82) is 0 Å². The van der Waals surface area contributed by atoms with Crippen molar-refractivity contribution in [2.45, 2.75) is 43.9 Å². The lowest BCUT2D eigenvalue weighted by Crippen LogP contribution is -2.51. The zero-order valence-electron chi connectivity index (χ0n) is 12.0. The fraction of sp³-hybridized carbons (Fsp3) is 0.562. The SMILES string of the molecule is NC1CCC(=O)N(CC2CCCO2)C1c1ccccc1F. The number of hydrogen-bond donors (Lipinski definition) is 1. The van der Waals surface area contributed by atoms with E-state index in [4.69, 9.17) is 10.5 Å². The van der Waals surface area contributed by atoms with Gasteiger partial charge in [-0.2, -0.15) is 0 Å². The quantitative estimate of drug-likeness (QED) is 0.927. The molecule has 4 nitrogen and oxygen atoms in total. The van der Waals surface area contributed by atoms with Crippen LogP contribution in [0.1, 0.15) is 37.3 Å². The second kappa shape index (κ2) is 6.12. The summed E-state index contributed by atoms with van der Waals surface area (Å²) < 4.78 is 19.8. The third kappa shape index (κ3) is 2.94. The summed E-state index contributed by atoms with van der Waals surface area (Å²) in [6.45, 7) is 1.24. The van der Waals surface area contributed by atoms with Crippen molar-refractivity contribution in [1.82, 2.24) is 4.90 Å². The van der Waals surface area contributed by atoms with E-state index in [1.165, 1.54) is 6.07 Å². The zero-order valence-corrected chi connectivity index (χ0v) is 12.0. The normalized spacial score (nSPS) is 29.9. The van der Waals surface area contributed by atoms with Gasteiger partial charge in [0.15, 0.2) is 0 Å². The fourth-order valence-electron chi connectivity index (χ4n) is 3.31. The summed E-state index contributed by atoms with van der Waals surface area (Å²) in [4.78, 5) is 14.0. The van der Waals surface area contributed by atoms with Crippen LogP contribution in [-0.2, 0) is 9.53 Å². The van der Waals surface area contributed by atoms with Crippen molar-refractivity contribution < 1.29 is 13.9 Å². The molecule has 1 aromatic carbocycles. The van der Waals surface area contributed by atoms with E-state index >= 15 is 0 Å². The molecule has 2 fully saturated rings. The van der Waals surface area contributed by atoms with Gasteiger partial charge in [0.2, 0.25) is 5.91 Å². The second-order valence-electron chi connectivity index (χ2n) is 5.85. The number of nitrogens with zero attached hydrogens (tertiary/aromatic N) is 1. The maximum atomic E-state index is 14.1. The van der Waals surface area contributed by atoms with E-state index in [1.807, 2.05) is 0 Å². The first-order valence-corrected chi connectivity index (χ1v) is 7.58. The van der Waals surface area contributed by atoms with Gasteiger partial charge in [-0.1, -0.05) is 18.2 Å². The number of hydrogen-bond acceptors (Lipinski definition) is 3. The molecule has 2 saturated heterocycles. The van der Waals surface area contributed by atoms with Gasteiger partial charge in [-0.3, -0.25) is 4.79 Å². The molecule has 3 atom stereocenters. The molecule has 0 aromatic heterocycles. The Hall–Kier alpha value is -1.46. The Morgan fingerprint density at radius 3 is 2.86 bits per heavy atom. The van der Waals surface area contributed by atoms with E-state index in [2.05, 4.69) is 0 Å². The largest absolute Gasteiger partial charge is 0.376 e. The van der Waals surface area contributed by atoms with Crippen molar-refractivity contribution in [2.75, 3.05) is 13.2 Å². The van der Waals surface area contributed by atoms with Gasteiger partial charge in [0, 0.05) is 31.2 Å². The van der Waals surface area contributed by atoms with Gasteiger partial charge in [-0.25, -0.2) is 4.39 Å². The Labute approximate surface area is 124 Å². The molecule has 2 aliphatic heterocycles. The first-order valence-electron chi connectivity index (χ1n) is 7.58. The van der Waals surface area contributed by atoms with Crippen LogP contribution in [-0.4, -0.2) is 36.1 Å². The van der Waals surface area contributed by atoms with Crippen LogP contribution in [0.25, 0.3) is 0 Å². The molecule has 2 heterocycles. The highest BCUT2D eigenvalue weighted by Gasteiger charge is 2.37. The molecular formula is C16H21FN2O2. The number of halogens is 1. The van der Waals surface area contributed by atoms with E-state index in [0.29, 0.717) is 24.9 Å². The van der Waals surface area contributed by atoms with Crippen molar-refractivity contribution in [2.24, 2.45) is 5.73 Å². The van der Waals surface area contributed by atoms with Crippen molar-refractivity contribution in [3.8, 4) is 0 Å². The highest BCUT2D eigenvalue weighted by molar-refractivity contribution is 5.78. The third-order valence-corrected chi connectivity index (χ3v) is 4.40. The van der Waals surface area contributed by atoms with Crippen LogP contribution in [0.15, 0.2) is 24.3 Å². The van der Waals surface area contributed by atoms with Crippen LogP contribution in [0.4, 0.5) is 4.39 Å². The number of benzene rings is 1. The molecule has 3 unspecified atom stereocenters. The Bertz CT molecular complexity index is 517. The van der Waals surface area contributed by atoms with Crippen LogP contribution in [0.3, 0.4) is 0 Å². The number of likely N-dealkylation sites (tertiary alicyclic amines) is 1. The van der Waals surface area contributed by atoms with E-state index in [9.17, 15) is 9.18 Å². The molecular weight excluding hydrogens is 271 g/mol. The van der Waals surface area contributed by atoms with Crippen molar-refractivity contribution in [3.05, 3.63) is 35.6 Å². The monoisotopic (exact) mass is 292 g/mol. The summed E-state index contributed by atoms with van der Waals surface area (Å²) in [5.41, 5.74) is 6.72. The first kappa shape index (κ1) is 14.5. The number of ether oxygens (including phenoxy) is 1. The number of carbonyl (C=O) groups excluding carboxylic acids is 1. The minimum Gasteiger partial charge on any atom is -0.376 e. The number of nitrogens with two attached hydrogens (primary N) is 1. The molecule has 2 aliphatic rings. The maximum Gasteiger partial charge on any atom is 0.223 e. The van der Waals surface area contributed by atoms with Crippen LogP contribution >= 0.6 is 0 Å². The molecule has 0 spiro atoms. The lowest BCUT2D eigenvalue weighted by Gasteiger charge is -2.41. The molecule has 5 heteroatoms. The average molecular weight is 292 g/mol. The predicted molar refractivity (Wildman–Crippen MR) is 77.0 cm³/mol. The third-order valence-electron chi connectivity index (χ3n) is 4.40. The zero-order chi connectivity index (χ0) is 14.8. The molecule has 0 aliphatic carbocycles. The summed E-state index contributed by atoms with van der Waals surface area (Å²) in [7, 11) is 0. The molecule has 1 amide bonds. The summed E-state index contributed by atoms with van der Waals surface area (Å²) in [6, 6.07) is 5.96. The molecule has 21 heavy (non-hydrogen) atoms. The molecule has 0 saturated carbocycles. The van der Waals surface area contributed by atoms with Crippen molar-refractivity contribution >= 4 is 5.91 Å². The Kier molecular flexibility index (Phi) is 4.22. The van der Waals surface area contributed by atoms with Gasteiger partial charge >= 0.3 is 0 Å². The molecule has 1 aromatic rings. The minimum absolute atomic E-state index is 0.0421. The van der Waals surface area contributed by atoms with Gasteiger partial charge in [0.1, 0.15) is 5.82 Å². The standard InChI is InChI=1S/C16H21FN2O2/c17-13-6-2-1-5-12(13)16-14(18)7-8-15(20)19(16)10-11-4-3-9-21-11/h1-2,5-6,11,14,16H,3-4,7-10,18H2. The van der Waals surface area contributed by atoms with Crippen LogP contribution in [0.2, 0.25) is 0 Å². The van der Waals surface area contributed by atoms with E-state index < -0.39 is 6.04 Å². The van der Waals surface area contributed by atoms with E-state index in [-0.39, 0.29) is 23.9 Å². The lowest BCUT2D eigenvalue weighted by atomic mass is 9.90. The Morgan fingerprint density at radius 1 is 1.33 bits per heavy atom. The average Bonchev–Trinajstić information content (AvgIpc) is 2.98. The number of piperidine rings is 1. The van der Waals surface area contributed by atoms with E-state index in [0.717, 1.165) is 19.4 Å². The van der Waals surface area contributed by atoms with Crippen LogP contribution in [0.5, 0.6) is 0 Å². The molecule has 2 N–H and O–H groups in total. The summed E-state index contributed by atoms with van der Waals surface area (Å²) in [6.07, 6.45) is 3.04. The summed E-state index contributed by atoms with van der Waals surface area (Å²) >= 11 is 0. The number of carbonyl (C=O) groups is 1. The van der Waals surface area contributed by atoms with Crippen molar-refractivity contribution in [3.63, 3.8) is 0 Å². The number of amides is 1. The van der Waals surface area contributed by atoms with Crippen LogP contribution < -0.4 is 5.73 Å². The first-order chi connectivity index (χ1) is 10.2. The maximum absolute atomic E-state index is 14.1. The second-order valence-corrected chi connectivity index (χ2v) is 5.85. The molecule has 0 radical (unpaired) electrons. The smallest absolute Gasteiger partial charge is 0.223 e. The fourth-order valence-corrected chi connectivity index (χ4v) is 3.31. The number of rotatable bonds is 3. The Morgan fingerprint density at radius 2 is 2.14 bits per heavy atom. The van der Waals surface area contributed by atoms with Crippen LogP contribution in [0, 0.1) is 5.82 Å². The van der Waals surface area contributed by atoms with Gasteiger partial charge < -0.3 is 15.4 Å². The molecule has 114 valence electrons. The summed E-state index contributed by atoms with van der Waals surface area (Å²) in [5.74, 6) is -0.259. The predicted octanol–water partition coefficient (Wildman–Crippen LogP) is 2.00.